The fourth-order valence-corrected chi connectivity index (χ4v) is 7.15. The lowest BCUT2D eigenvalue weighted by Crippen LogP contribution is -2.51. The number of fused-ring (bicyclic) bond motifs is 5. The Balaban J connectivity index is 1.69. The first kappa shape index (κ1) is 15.7. The van der Waals surface area contributed by atoms with Crippen molar-refractivity contribution in [3.63, 3.8) is 0 Å². The molecule has 1 nitrogen and oxygen atoms in total. The highest BCUT2D eigenvalue weighted by Crippen LogP contribution is 2.65. The number of carbonyl (C=O) groups excluding carboxylic acids is 1. The van der Waals surface area contributed by atoms with Gasteiger partial charge in [0.15, 0.2) is 5.78 Å². The Morgan fingerprint density at radius 2 is 2.00 bits per heavy atom. The smallest absolute Gasteiger partial charge is 0.159 e. The minimum Gasteiger partial charge on any atom is -0.295 e. The summed E-state index contributed by atoms with van der Waals surface area (Å²) in [5.74, 6) is 3.66. The Hall–Kier alpha value is -0.850. The predicted octanol–water partition coefficient (Wildman–Crippen LogP) is 5.71. The van der Waals surface area contributed by atoms with Crippen LogP contribution in [0.15, 0.2) is 24.3 Å². The molecular formula is C22H32O. The number of Topliss-reactive ketones (excluding diaryl/α,β-unsaturated/α-hetero) is 1. The quantitative estimate of drug-likeness (QED) is 0.597. The van der Waals surface area contributed by atoms with E-state index in [-0.39, 0.29) is 5.41 Å². The monoisotopic (exact) mass is 312 g/mol. The topological polar surface area (TPSA) is 17.1 Å². The van der Waals surface area contributed by atoms with Crippen LogP contribution in [0.5, 0.6) is 0 Å². The van der Waals surface area contributed by atoms with E-state index in [9.17, 15) is 4.79 Å². The molecule has 126 valence electrons. The minimum absolute atomic E-state index is 0.263. The maximum absolute atomic E-state index is 12.5. The molecule has 4 aliphatic carbocycles. The summed E-state index contributed by atoms with van der Waals surface area (Å²) >= 11 is 0. The first-order chi connectivity index (χ1) is 11.0. The van der Waals surface area contributed by atoms with Crippen molar-refractivity contribution in [1.29, 1.82) is 0 Å². The molecule has 3 saturated carbocycles. The average molecular weight is 312 g/mol. The fourth-order valence-electron chi connectivity index (χ4n) is 7.15. The van der Waals surface area contributed by atoms with Gasteiger partial charge in [0.05, 0.1) is 0 Å². The Kier molecular flexibility index (Phi) is 3.63. The molecule has 0 aromatic heterocycles. The van der Waals surface area contributed by atoms with Crippen LogP contribution < -0.4 is 0 Å². The second-order valence-electron chi connectivity index (χ2n) is 9.39. The molecule has 0 N–H and O–H groups in total. The van der Waals surface area contributed by atoms with Gasteiger partial charge in [0.1, 0.15) is 0 Å². The lowest BCUT2D eigenvalue weighted by molar-refractivity contribution is -0.123. The molecule has 0 spiro atoms. The molecule has 6 atom stereocenters. The molecule has 0 saturated heterocycles. The summed E-state index contributed by atoms with van der Waals surface area (Å²) in [5.41, 5.74) is 1.95. The molecular weight excluding hydrogens is 280 g/mol. The third kappa shape index (κ3) is 2.22. The van der Waals surface area contributed by atoms with E-state index < -0.39 is 0 Å². The van der Waals surface area contributed by atoms with E-state index in [0.29, 0.717) is 17.1 Å². The number of allylic oxidation sites excluding steroid dienone is 3. The van der Waals surface area contributed by atoms with Crippen LogP contribution in [0.1, 0.15) is 71.6 Å². The van der Waals surface area contributed by atoms with Gasteiger partial charge in [0.2, 0.25) is 0 Å². The van der Waals surface area contributed by atoms with Gasteiger partial charge in [0, 0.05) is 6.42 Å². The molecule has 0 amide bonds. The van der Waals surface area contributed by atoms with Crippen LogP contribution in [-0.2, 0) is 4.79 Å². The van der Waals surface area contributed by atoms with E-state index >= 15 is 0 Å². The first-order valence-electron chi connectivity index (χ1n) is 9.84. The van der Waals surface area contributed by atoms with Gasteiger partial charge >= 0.3 is 0 Å². The molecule has 1 heteroatoms. The van der Waals surface area contributed by atoms with Crippen molar-refractivity contribution in [1.82, 2.24) is 0 Å². The van der Waals surface area contributed by atoms with Crippen molar-refractivity contribution in [2.24, 2.45) is 34.5 Å². The Morgan fingerprint density at radius 3 is 2.78 bits per heavy atom. The molecule has 3 fully saturated rings. The molecule has 23 heavy (non-hydrogen) atoms. The second-order valence-corrected chi connectivity index (χ2v) is 9.39. The van der Waals surface area contributed by atoms with Gasteiger partial charge in [-0.25, -0.2) is 0 Å². The van der Waals surface area contributed by atoms with Crippen LogP contribution in [0.3, 0.4) is 0 Å². The van der Waals surface area contributed by atoms with Gasteiger partial charge in [-0.15, -0.1) is 6.58 Å². The van der Waals surface area contributed by atoms with Crippen LogP contribution in [0, 0.1) is 34.5 Å². The zero-order valence-corrected chi connectivity index (χ0v) is 14.9. The average Bonchev–Trinajstić information content (AvgIpc) is 2.91. The summed E-state index contributed by atoms with van der Waals surface area (Å²) in [4.78, 5) is 12.5. The maximum Gasteiger partial charge on any atom is 0.159 e. The van der Waals surface area contributed by atoms with Gasteiger partial charge in [-0.1, -0.05) is 32.4 Å². The van der Waals surface area contributed by atoms with Crippen molar-refractivity contribution < 1.29 is 4.79 Å². The molecule has 0 aromatic carbocycles. The van der Waals surface area contributed by atoms with Crippen LogP contribution >= 0.6 is 0 Å². The van der Waals surface area contributed by atoms with E-state index in [1.165, 1.54) is 44.9 Å². The number of hydrogen-bond donors (Lipinski definition) is 0. The summed E-state index contributed by atoms with van der Waals surface area (Å²) in [7, 11) is 0. The zero-order chi connectivity index (χ0) is 16.2. The third-order valence-electron chi connectivity index (χ3n) is 8.38. The summed E-state index contributed by atoms with van der Waals surface area (Å²) in [5, 5.41) is 0. The molecule has 1 unspecified atom stereocenters. The number of carbonyl (C=O) groups is 1. The standard InChI is InChI=1S/C22H32O/c1-4-6-15-14-22(3)16(13-20(15)23)8-9-17-18-7-5-11-21(18,2)12-10-19(17)22/h4,14,16-19H,1,5-13H2,2-3H3/t16?,17-,18-,19+,21-,22-/m0/s1. The maximum atomic E-state index is 12.5. The normalized spacial score (nSPS) is 49.0. The molecule has 0 radical (unpaired) electrons. The van der Waals surface area contributed by atoms with Crippen molar-refractivity contribution in [3.8, 4) is 0 Å². The molecule has 4 aliphatic rings. The summed E-state index contributed by atoms with van der Waals surface area (Å²) in [6, 6.07) is 0. The number of hydrogen-bond acceptors (Lipinski definition) is 1. The molecule has 0 bridgehead atoms. The van der Waals surface area contributed by atoms with Gasteiger partial charge in [-0.05, 0) is 85.0 Å². The SMILES string of the molecule is C=CCC1=C[C@@]2(C)C(CC[C@@H]3[C@H]2CC[C@]2(C)CCC[C@@H]32)CC1=O. The first-order valence-corrected chi connectivity index (χ1v) is 9.84. The van der Waals surface area contributed by atoms with Crippen molar-refractivity contribution >= 4 is 5.78 Å². The highest BCUT2D eigenvalue weighted by atomic mass is 16.1. The number of ketones is 1. The largest absolute Gasteiger partial charge is 0.295 e. The third-order valence-corrected chi connectivity index (χ3v) is 8.38. The molecule has 0 aliphatic heterocycles. The van der Waals surface area contributed by atoms with Gasteiger partial charge < -0.3 is 0 Å². The van der Waals surface area contributed by atoms with Crippen LogP contribution in [0.4, 0.5) is 0 Å². The molecule has 4 rings (SSSR count). The highest BCUT2D eigenvalue weighted by molar-refractivity contribution is 5.96. The Morgan fingerprint density at radius 1 is 1.17 bits per heavy atom. The highest BCUT2D eigenvalue weighted by Gasteiger charge is 2.57. The Labute approximate surface area is 141 Å². The predicted molar refractivity (Wildman–Crippen MR) is 95.0 cm³/mol. The molecule has 0 aromatic rings. The fraction of sp³-hybridized carbons (Fsp3) is 0.773. The summed E-state index contributed by atoms with van der Waals surface area (Å²) < 4.78 is 0. The van der Waals surface area contributed by atoms with E-state index in [1.54, 1.807) is 0 Å². The van der Waals surface area contributed by atoms with E-state index in [0.717, 1.165) is 36.2 Å². The lowest BCUT2D eigenvalue weighted by Gasteiger charge is -2.58. The van der Waals surface area contributed by atoms with Crippen LogP contribution in [-0.4, -0.2) is 5.78 Å². The van der Waals surface area contributed by atoms with Gasteiger partial charge in [-0.2, -0.15) is 0 Å². The summed E-state index contributed by atoms with van der Waals surface area (Å²) in [6.45, 7) is 8.91. The molecule has 0 heterocycles. The minimum atomic E-state index is 0.263. The van der Waals surface area contributed by atoms with Crippen LogP contribution in [0.2, 0.25) is 0 Å². The van der Waals surface area contributed by atoms with E-state index in [2.05, 4.69) is 26.5 Å². The summed E-state index contributed by atoms with van der Waals surface area (Å²) in [6.07, 6.45) is 15.7. The van der Waals surface area contributed by atoms with Gasteiger partial charge in [0.25, 0.3) is 0 Å². The Bertz CT molecular complexity index is 558. The second kappa shape index (κ2) is 5.33. The zero-order valence-electron chi connectivity index (χ0n) is 14.9. The van der Waals surface area contributed by atoms with E-state index in [1.807, 2.05) is 6.08 Å². The van der Waals surface area contributed by atoms with Crippen LogP contribution in [0.25, 0.3) is 0 Å². The number of rotatable bonds is 2. The van der Waals surface area contributed by atoms with Crippen molar-refractivity contribution in [3.05, 3.63) is 24.3 Å². The van der Waals surface area contributed by atoms with Crippen molar-refractivity contribution in [2.75, 3.05) is 0 Å². The lowest BCUT2D eigenvalue weighted by atomic mass is 9.46. The van der Waals surface area contributed by atoms with E-state index in [4.69, 9.17) is 0 Å². The van der Waals surface area contributed by atoms with Crippen molar-refractivity contribution in [2.45, 2.75) is 71.6 Å². The van der Waals surface area contributed by atoms with Gasteiger partial charge in [-0.3, -0.25) is 4.79 Å².